The SMILES string of the molecule is O=S(=O)(CCCCl)c1ccc2c(c1)OCO2. The summed E-state index contributed by atoms with van der Waals surface area (Å²) in [7, 11) is -3.26. The maximum atomic E-state index is 11.8. The molecule has 0 radical (unpaired) electrons. The van der Waals surface area contributed by atoms with Crippen LogP contribution >= 0.6 is 11.6 Å². The lowest BCUT2D eigenvalue weighted by atomic mass is 10.3. The van der Waals surface area contributed by atoms with Crippen LogP contribution in [0.5, 0.6) is 11.5 Å². The molecule has 1 aromatic carbocycles. The molecular formula is C10H11ClO4S. The third-order valence-corrected chi connectivity index (χ3v) is 4.32. The van der Waals surface area contributed by atoms with Gasteiger partial charge in [0.1, 0.15) is 0 Å². The molecule has 0 fully saturated rings. The molecule has 1 aromatic rings. The molecule has 1 aliphatic rings. The number of benzene rings is 1. The zero-order valence-electron chi connectivity index (χ0n) is 8.48. The van der Waals surface area contributed by atoms with Gasteiger partial charge in [0.15, 0.2) is 21.3 Å². The summed E-state index contributed by atoms with van der Waals surface area (Å²) in [5.41, 5.74) is 0. The summed E-state index contributed by atoms with van der Waals surface area (Å²) in [6.07, 6.45) is 0.443. The molecule has 0 N–H and O–H groups in total. The summed E-state index contributed by atoms with van der Waals surface area (Å²) in [4.78, 5) is 0.252. The van der Waals surface area contributed by atoms with Crippen molar-refractivity contribution >= 4 is 21.4 Å². The minimum Gasteiger partial charge on any atom is -0.454 e. The second kappa shape index (κ2) is 4.51. The van der Waals surface area contributed by atoms with Crippen molar-refractivity contribution < 1.29 is 17.9 Å². The van der Waals surface area contributed by atoms with Gasteiger partial charge in [0.25, 0.3) is 0 Å². The molecule has 1 aliphatic heterocycles. The minimum absolute atomic E-state index is 0.0517. The standard InChI is InChI=1S/C10H11ClO4S/c11-4-1-5-16(12,13)8-2-3-9-10(6-8)15-7-14-9/h2-3,6H,1,4-5,7H2. The average molecular weight is 263 g/mol. The van der Waals surface area contributed by atoms with Gasteiger partial charge >= 0.3 is 0 Å². The van der Waals surface area contributed by atoms with E-state index in [0.29, 0.717) is 23.8 Å². The minimum atomic E-state index is -3.26. The predicted octanol–water partition coefficient (Wildman–Crippen LogP) is 1.82. The first kappa shape index (κ1) is 11.5. The Morgan fingerprint density at radius 1 is 1.25 bits per heavy atom. The van der Waals surface area contributed by atoms with E-state index in [0.717, 1.165) is 0 Å². The third-order valence-electron chi connectivity index (χ3n) is 2.25. The summed E-state index contributed by atoms with van der Waals surface area (Å²) in [6, 6.07) is 4.62. The highest BCUT2D eigenvalue weighted by atomic mass is 35.5. The summed E-state index contributed by atoms with van der Waals surface area (Å²) < 4.78 is 33.9. The van der Waals surface area contributed by atoms with E-state index < -0.39 is 9.84 Å². The zero-order valence-corrected chi connectivity index (χ0v) is 10.1. The summed E-state index contributed by atoms with van der Waals surface area (Å²) >= 11 is 5.48. The molecule has 1 heterocycles. The van der Waals surface area contributed by atoms with Crippen molar-refractivity contribution in [1.82, 2.24) is 0 Å². The van der Waals surface area contributed by atoms with Crippen molar-refractivity contribution in [3.8, 4) is 11.5 Å². The molecule has 0 amide bonds. The number of hydrogen-bond acceptors (Lipinski definition) is 4. The number of fused-ring (bicyclic) bond motifs is 1. The van der Waals surface area contributed by atoms with Crippen LogP contribution in [0.25, 0.3) is 0 Å². The van der Waals surface area contributed by atoms with E-state index in [1.54, 1.807) is 6.07 Å². The van der Waals surface area contributed by atoms with Crippen molar-refractivity contribution in [2.75, 3.05) is 18.4 Å². The molecule has 0 saturated carbocycles. The van der Waals surface area contributed by atoms with E-state index in [1.165, 1.54) is 12.1 Å². The van der Waals surface area contributed by atoms with Crippen LogP contribution in [0.1, 0.15) is 6.42 Å². The fourth-order valence-electron chi connectivity index (χ4n) is 1.43. The number of ether oxygens (including phenoxy) is 2. The molecule has 4 nitrogen and oxygen atoms in total. The highest BCUT2D eigenvalue weighted by molar-refractivity contribution is 7.91. The first-order chi connectivity index (χ1) is 7.63. The van der Waals surface area contributed by atoms with Gasteiger partial charge in [-0.05, 0) is 18.6 Å². The number of halogens is 1. The Bertz CT molecular complexity index is 484. The van der Waals surface area contributed by atoms with Crippen molar-refractivity contribution in [1.29, 1.82) is 0 Å². The smallest absolute Gasteiger partial charge is 0.231 e. The van der Waals surface area contributed by atoms with E-state index in [2.05, 4.69) is 0 Å². The normalized spacial score (nSPS) is 14.1. The number of alkyl halides is 1. The van der Waals surface area contributed by atoms with Crippen LogP contribution in [0.15, 0.2) is 23.1 Å². The van der Waals surface area contributed by atoms with Crippen LogP contribution in [0.4, 0.5) is 0 Å². The molecule has 88 valence electrons. The maximum Gasteiger partial charge on any atom is 0.231 e. The summed E-state index contributed by atoms with van der Waals surface area (Å²) in [6.45, 7) is 0.139. The van der Waals surface area contributed by atoms with E-state index >= 15 is 0 Å². The van der Waals surface area contributed by atoms with E-state index in [1.807, 2.05) is 0 Å². The summed E-state index contributed by atoms with van der Waals surface area (Å²) in [5, 5.41) is 0. The Kier molecular flexibility index (Phi) is 3.25. The number of sulfone groups is 1. The van der Waals surface area contributed by atoms with Crippen LogP contribution in [0.3, 0.4) is 0 Å². The number of rotatable bonds is 4. The van der Waals surface area contributed by atoms with Crippen LogP contribution in [0.2, 0.25) is 0 Å². The van der Waals surface area contributed by atoms with Gasteiger partial charge in [0, 0.05) is 11.9 Å². The Morgan fingerprint density at radius 3 is 2.75 bits per heavy atom. The maximum absolute atomic E-state index is 11.8. The molecule has 0 atom stereocenters. The number of hydrogen-bond donors (Lipinski definition) is 0. The zero-order chi connectivity index (χ0) is 11.6. The van der Waals surface area contributed by atoms with Gasteiger partial charge in [-0.1, -0.05) is 0 Å². The molecule has 0 saturated heterocycles. The highest BCUT2D eigenvalue weighted by Gasteiger charge is 2.19. The first-order valence-electron chi connectivity index (χ1n) is 4.82. The molecule has 6 heteroatoms. The van der Waals surface area contributed by atoms with Crippen LogP contribution in [-0.2, 0) is 9.84 Å². The highest BCUT2D eigenvalue weighted by Crippen LogP contribution is 2.34. The Balaban J connectivity index is 2.27. The van der Waals surface area contributed by atoms with Gasteiger partial charge in [-0.2, -0.15) is 0 Å². The van der Waals surface area contributed by atoms with Crippen molar-refractivity contribution in [2.24, 2.45) is 0 Å². The largest absolute Gasteiger partial charge is 0.454 e. The van der Waals surface area contributed by atoms with Gasteiger partial charge in [-0.15, -0.1) is 11.6 Å². The first-order valence-corrected chi connectivity index (χ1v) is 7.00. The Hall–Kier alpha value is -0.940. The van der Waals surface area contributed by atoms with Gasteiger partial charge in [-0.3, -0.25) is 0 Å². The second-order valence-corrected chi connectivity index (χ2v) is 5.86. The predicted molar refractivity (Wildman–Crippen MR) is 60.0 cm³/mol. The van der Waals surface area contributed by atoms with Crippen molar-refractivity contribution in [3.05, 3.63) is 18.2 Å². The molecule has 0 aromatic heterocycles. The quantitative estimate of drug-likeness (QED) is 0.777. The molecular weight excluding hydrogens is 252 g/mol. The van der Waals surface area contributed by atoms with Crippen molar-refractivity contribution in [2.45, 2.75) is 11.3 Å². The van der Waals surface area contributed by atoms with Crippen molar-refractivity contribution in [3.63, 3.8) is 0 Å². The summed E-state index contributed by atoms with van der Waals surface area (Å²) in [5.74, 6) is 1.45. The Labute approximate surface area is 99.0 Å². The average Bonchev–Trinajstić information content (AvgIpc) is 2.73. The lowest BCUT2D eigenvalue weighted by molar-refractivity contribution is 0.174. The fraction of sp³-hybridized carbons (Fsp3) is 0.400. The molecule has 2 rings (SSSR count). The lowest BCUT2D eigenvalue weighted by Gasteiger charge is -2.04. The van der Waals surface area contributed by atoms with Gasteiger partial charge < -0.3 is 9.47 Å². The van der Waals surface area contributed by atoms with E-state index in [-0.39, 0.29) is 17.4 Å². The van der Waals surface area contributed by atoms with Gasteiger partial charge in [-0.25, -0.2) is 8.42 Å². The van der Waals surface area contributed by atoms with E-state index in [9.17, 15) is 8.42 Å². The van der Waals surface area contributed by atoms with Crippen LogP contribution < -0.4 is 9.47 Å². The molecule has 0 aliphatic carbocycles. The van der Waals surface area contributed by atoms with Crippen LogP contribution in [-0.4, -0.2) is 26.8 Å². The topological polar surface area (TPSA) is 52.6 Å². The molecule has 0 unspecified atom stereocenters. The molecule has 0 bridgehead atoms. The monoisotopic (exact) mass is 262 g/mol. The lowest BCUT2D eigenvalue weighted by Crippen LogP contribution is -2.07. The second-order valence-electron chi connectivity index (χ2n) is 3.38. The van der Waals surface area contributed by atoms with Crippen LogP contribution in [0, 0.1) is 0 Å². The fourth-order valence-corrected chi connectivity index (χ4v) is 3.05. The van der Waals surface area contributed by atoms with Gasteiger partial charge in [0.05, 0.1) is 10.6 Å². The third kappa shape index (κ3) is 2.25. The Morgan fingerprint density at radius 2 is 2.00 bits per heavy atom. The van der Waals surface area contributed by atoms with Gasteiger partial charge in [0.2, 0.25) is 6.79 Å². The molecule has 16 heavy (non-hydrogen) atoms. The molecule has 0 spiro atoms. The van der Waals surface area contributed by atoms with E-state index in [4.69, 9.17) is 21.1 Å².